The summed E-state index contributed by atoms with van der Waals surface area (Å²) >= 11 is 0. The van der Waals surface area contributed by atoms with Crippen LogP contribution in [-0.4, -0.2) is 7.74 Å². The fourth-order valence-electron chi connectivity index (χ4n) is 3.38. The minimum Gasteiger partial charge on any atom is -0.147 e. The number of hydrogen-bond acceptors (Lipinski definition) is 0. The molecule has 14 heavy (non-hydrogen) atoms. The number of rotatable bonds is 0. The quantitative estimate of drug-likeness (QED) is 0.397. The van der Waals surface area contributed by atoms with Gasteiger partial charge in [-0.1, -0.05) is 62.3 Å². The normalized spacial score (nSPS) is 15.9. The van der Waals surface area contributed by atoms with Crippen molar-refractivity contribution < 1.29 is 0 Å². The molecule has 0 aliphatic rings. The van der Waals surface area contributed by atoms with Crippen molar-refractivity contribution in [2.75, 3.05) is 0 Å². The van der Waals surface area contributed by atoms with Crippen LogP contribution in [0, 0.1) is 0 Å². The van der Waals surface area contributed by atoms with E-state index < -0.39 is 7.74 Å². The first-order valence-corrected chi connectivity index (χ1v) is 9.35. The van der Waals surface area contributed by atoms with Gasteiger partial charge < -0.3 is 0 Å². The Kier molecular flexibility index (Phi) is 3.76. The standard InChI is InChI=1S/C12H29PSi/c1-10(2,3)14(13,11(4,5)6)12(7,8)9/h13H2,1-9H3. The highest BCUT2D eigenvalue weighted by Gasteiger charge is 2.56. The lowest BCUT2D eigenvalue weighted by atomic mass is 10.2. The second-order valence-electron chi connectivity index (χ2n) is 7.56. The van der Waals surface area contributed by atoms with Gasteiger partial charge in [0.15, 0.2) is 0 Å². The zero-order valence-electron chi connectivity index (χ0n) is 11.6. The van der Waals surface area contributed by atoms with Crippen LogP contribution >= 0.6 is 8.79 Å². The molecule has 2 heteroatoms. The summed E-state index contributed by atoms with van der Waals surface area (Å²) in [4.78, 5) is 0. The van der Waals surface area contributed by atoms with Crippen LogP contribution in [0.15, 0.2) is 0 Å². The van der Waals surface area contributed by atoms with Gasteiger partial charge in [-0.15, -0.1) is 8.79 Å². The Morgan fingerprint density at radius 2 is 0.714 bits per heavy atom. The van der Waals surface area contributed by atoms with Crippen molar-refractivity contribution in [2.45, 2.75) is 77.4 Å². The minimum absolute atomic E-state index is 0.425. The van der Waals surface area contributed by atoms with Gasteiger partial charge in [-0.05, 0) is 15.1 Å². The largest absolute Gasteiger partial charge is 0.147 e. The maximum atomic E-state index is 3.29. The summed E-state index contributed by atoms with van der Waals surface area (Å²) in [6, 6.07) is 0. The first-order chi connectivity index (χ1) is 5.75. The van der Waals surface area contributed by atoms with E-state index in [4.69, 9.17) is 0 Å². The highest BCUT2D eigenvalue weighted by Crippen LogP contribution is 2.65. The molecule has 0 nitrogen and oxygen atoms in total. The van der Waals surface area contributed by atoms with Gasteiger partial charge >= 0.3 is 0 Å². The van der Waals surface area contributed by atoms with Crippen molar-refractivity contribution >= 4 is 16.5 Å². The Balaban J connectivity index is 5.54. The van der Waals surface area contributed by atoms with Crippen molar-refractivity contribution in [3.63, 3.8) is 0 Å². The Bertz CT molecular complexity index is 164. The predicted molar refractivity (Wildman–Crippen MR) is 74.6 cm³/mol. The molecule has 0 fully saturated rings. The Morgan fingerprint density at radius 1 is 0.571 bits per heavy atom. The van der Waals surface area contributed by atoms with Crippen molar-refractivity contribution in [3.8, 4) is 0 Å². The van der Waals surface area contributed by atoms with E-state index >= 15 is 0 Å². The monoisotopic (exact) mass is 232 g/mol. The van der Waals surface area contributed by atoms with Gasteiger partial charge in [-0.2, -0.15) is 0 Å². The lowest BCUT2D eigenvalue weighted by Crippen LogP contribution is -2.53. The van der Waals surface area contributed by atoms with E-state index in [0.29, 0.717) is 15.1 Å². The van der Waals surface area contributed by atoms with Crippen LogP contribution in [0.5, 0.6) is 0 Å². The van der Waals surface area contributed by atoms with Crippen LogP contribution < -0.4 is 0 Å². The maximum Gasteiger partial charge on any atom is 0.0907 e. The molecule has 0 aliphatic heterocycles. The summed E-state index contributed by atoms with van der Waals surface area (Å²) in [6.45, 7) is 21.6. The molecule has 0 saturated carbocycles. The van der Waals surface area contributed by atoms with Gasteiger partial charge in [0.25, 0.3) is 0 Å². The molecular formula is C12H29PSi. The molecular weight excluding hydrogens is 203 g/mol. The van der Waals surface area contributed by atoms with Gasteiger partial charge in [0, 0.05) is 0 Å². The molecule has 0 aliphatic carbocycles. The van der Waals surface area contributed by atoms with E-state index in [2.05, 4.69) is 71.1 Å². The second kappa shape index (κ2) is 3.59. The molecule has 86 valence electrons. The van der Waals surface area contributed by atoms with Gasteiger partial charge in [-0.3, -0.25) is 0 Å². The molecule has 0 N–H and O–H groups in total. The molecule has 0 rings (SSSR count). The second-order valence-corrected chi connectivity index (χ2v) is 16.3. The van der Waals surface area contributed by atoms with Gasteiger partial charge in [0.1, 0.15) is 0 Å². The van der Waals surface area contributed by atoms with Crippen LogP contribution in [0.25, 0.3) is 0 Å². The summed E-state index contributed by atoms with van der Waals surface area (Å²) in [5, 5.41) is 1.27. The molecule has 0 amide bonds. The zero-order chi connectivity index (χ0) is 12.0. The Morgan fingerprint density at radius 3 is 0.714 bits per heavy atom. The molecule has 0 spiro atoms. The average molecular weight is 232 g/mol. The van der Waals surface area contributed by atoms with E-state index in [1.54, 1.807) is 0 Å². The van der Waals surface area contributed by atoms with E-state index in [1.807, 2.05) is 0 Å². The zero-order valence-corrected chi connectivity index (χ0v) is 13.7. The van der Waals surface area contributed by atoms with Crippen LogP contribution in [0.2, 0.25) is 15.1 Å². The fourth-order valence-corrected chi connectivity index (χ4v) is 10.1. The molecule has 0 aromatic rings. The van der Waals surface area contributed by atoms with E-state index in [1.165, 1.54) is 0 Å². The third kappa shape index (κ3) is 2.24. The first kappa shape index (κ1) is 14.6. The van der Waals surface area contributed by atoms with Crippen LogP contribution in [-0.2, 0) is 0 Å². The Hall–Kier alpha value is 0.647. The maximum absolute atomic E-state index is 3.29. The van der Waals surface area contributed by atoms with Gasteiger partial charge in [-0.25, -0.2) is 0 Å². The van der Waals surface area contributed by atoms with Crippen molar-refractivity contribution in [1.82, 2.24) is 0 Å². The molecule has 0 bridgehead atoms. The fraction of sp³-hybridized carbons (Fsp3) is 1.00. The molecule has 0 radical (unpaired) electrons. The molecule has 0 saturated heterocycles. The minimum atomic E-state index is -1.44. The predicted octanol–water partition coefficient (Wildman–Crippen LogP) is 5.21. The smallest absolute Gasteiger partial charge is 0.0907 e. The summed E-state index contributed by atoms with van der Waals surface area (Å²) < 4.78 is 0. The highest BCUT2D eigenvalue weighted by atomic mass is 31.3. The topological polar surface area (TPSA) is 0 Å². The highest BCUT2D eigenvalue weighted by molar-refractivity contribution is 7.71. The summed E-state index contributed by atoms with van der Waals surface area (Å²) in [5.41, 5.74) is 0. The number of hydrogen-bond donors (Lipinski definition) is 0. The van der Waals surface area contributed by atoms with Crippen LogP contribution in [0.4, 0.5) is 0 Å². The average Bonchev–Trinajstić information content (AvgIpc) is 1.77. The van der Waals surface area contributed by atoms with Crippen molar-refractivity contribution in [1.29, 1.82) is 0 Å². The third-order valence-corrected chi connectivity index (χ3v) is 18.4. The lowest BCUT2D eigenvalue weighted by molar-refractivity contribution is 0.559. The first-order valence-electron chi connectivity index (χ1n) is 5.54. The molecule has 1 unspecified atom stereocenters. The summed E-state index contributed by atoms with van der Waals surface area (Å²) in [6.07, 6.45) is 0. The van der Waals surface area contributed by atoms with E-state index in [-0.39, 0.29) is 0 Å². The molecule has 0 aromatic carbocycles. The van der Waals surface area contributed by atoms with Crippen LogP contribution in [0.3, 0.4) is 0 Å². The van der Waals surface area contributed by atoms with Crippen LogP contribution in [0.1, 0.15) is 62.3 Å². The van der Waals surface area contributed by atoms with Crippen molar-refractivity contribution in [3.05, 3.63) is 0 Å². The van der Waals surface area contributed by atoms with Gasteiger partial charge in [0.2, 0.25) is 0 Å². The third-order valence-electron chi connectivity index (χ3n) is 3.55. The molecule has 0 heterocycles. The van der Waals surface area contributed by atoms with E-state index in [9.17, 15) is 0 Å². The molecule has 0 aromatic heterocycles. The van der Waals surface area contributed by atoms with Gasteiger partial charge in [0.05, 0.1) is 7.74 Å². The lowest BCUT2D eigenvalue weighted by Gasteiger charge is -2.57. The Labute approximate surface area is 94.3 Å². The summed E-state index contributed by atoms with van der Waals surface area (Å²) in [7, 11) is 1.85. The SMILES string of the molecule is CC(C)(C)[Si](P)(C(C)(C)C)C(C)(C)C. The molecule has 1 atom stereocenters. The summed E-state index contributed by atoms with van der Waals surface area (Å²) in [5.74, 6) is 0. The van der Waals surface area contributed by atoms with E-state index in [0.717, 1.165) is 0 Å². The van der Waals surface area contributed by atoms with Crippen molar-refractivity contribution in [2.24, 2.45) is 0 Å².